The molecule has 0 radical (unpaired) electrons. The predicted octanol–water partition coefficient (Wildman–Crippen LogP) is 3.80. The van der Waals surface area contributed by atoms with Gasteiger partial charge in [-0.2, -0.15) is 0 Å². The number of para-hydroxylation sites is 1. The van der Waals surface area contributed by atoms with E-state index in [0.29, 0.717) is 12.3 Å². The molecule has 0 unspecified atom stereocenters. The van der Waals surface area contributed by atoms with Gasteiger partial charge in [-0.05, 0) is 25.5 Å². The molecule has 1 aromatic carbocycles. The number of rotatable bonds is 4. The minimum atomic E-state index is -0.444. The molecule has 0 heterocycles. The Labute approximate surface area is 109 Å². The highest BCUT2D eigenvalue weighted by atomic mass is 16.5. The van der Waals surface area contributed by atoms with Gasteiger partial charge in [-0.15, -0.1) is 0 Å². The molecule has 0 aromatic heterocycles. The van der Waals surface area contributed by atoms with Crippen LogP contribution in [0, 0.1) is 11.8 Å². The molecule has 0 atom stereocenters. The minimum absolute atomic E-state index is 0.357. The fourth-order valence-corrected chi connectivity index (χ4v) is 1.40. The summed E-state index contributed by atoms with van der Waals surface area (Å²) < 4.78 is 4.85. The molecule has 1 aromatic rings. The zero-order valence-electron chi connectivity index (χ0n) is 11.0. The molecule has 0 fully saturated rings. The molecule has 0 bridgehead atoms. The highest BCUT2D eigenvalue weighted by Gasteiger charge is 2.04. The topological polar surface area (TPSA) is 38.3 Å². The van der Waals surface area contributed by atoms with Gasteiger partial charge in [0.1, 0.15) is 0 Å². The Hall–Kier alpha value is -1.95. The summed E-state index contributed by atoms with van der Waals surface area (Å²) in [7, 11) is 0. The van der Waals surface area contributed by atoms with Crippen molar-refractivity contribution in [3.63, 3.8) is 0 Å². The first-order valence-electron chi connectivity index (χ1n) is 6.29. The zero-order chi connectivity index (χ0) is 13.2. The summed E-state index contributed by atoms with van der Waals surface area (Å²) in [5.41, 5.74) is 1.52. The zero-order valence-corrected chi connectivity index (χ0v) is 11.0. The number of ether oxygens (including phenoxy) is 1. The van der Waals surface area contributed by atoms with Gasteiger partial charge in [0.2, 0.25) is 0 Å². The summed E-state index contributed by atoms with van der Waals surface area (Å²) in [4.78, 5) is 11.4. The molecule has 0 aliphatic carbocycles. The third-order valence-electron chi connectivity index (χ3n) is 2.32. The van der Waals surface area contributed by atoms with Gasteiger partial charge < -0.3 is 4.74 Å². The van der Waals surface area contributed by atoms with Crippen LogP contribution < -0.4 is 5.32 Å². The molecule has 96 valence electrons. The molecule has 0 saturated carbocycles. The van der Waals surface area contributed by atoms with Crippen LogP contribution >= 0.6 is 0 Å². The molecule has 18 heavy (non-hydrogen) atoms. The van der Waals surface area contributed by atoms with Gasteiger partial charge >= 0.3 is 6.09 Å². The Bertz CT molecular complexity index is 443. The van der Waals surface area contributed by atoms with Crippen LogP contribution in [0.25, 0.3) is 0 Å². The Morgan fingerprint density at radius 3 is 2.83 bits per heavy atom. The van der Waals surface area contributed by atoms with E-state index in [-0.39, 0.29) is 0 Å². The van der Waals surface area contributed by atoms with Crippen LogP contribution in [0.2, 0.25) is 0 Å². The summed E-state index contributed by atoms with van der Waals surface area (Å²) in [5, 5.41) is 2.69. The predicted molar refractivity (Wildman–Crippen MR) is 73.5 cm³/mol. The molecule has 1 amide bonds. The van der Waals surface area contributed by atoms with Crippen molar-refractivity contribution in [2.24, 2.45) is 0 Å². The minimum Gasteiger partial charge on any atom is -0.450 e. The number of anilines is 1. The van der Waals surface area contributed by atoms with E-state index in [4.69, 9.17) is 4.74 Å². The number of amides is 1. The number of unbranched alkanes of at least 4 members (excludes halogenated alkanes) is 2. The summed E-state index contributed by atoms with van der Waals surface area (Å²) in [6, 6.07) is 7.47. The highest BCUT2D eigenvalue weighted by molar-refractivity contribution is 5.86. The highest BCUT2D eigenvalue weighted by Crippen LogP contribution is 2.14. The van der Waals surface area contributed by atoms with E-state index in [0.717, 1.165) is 24.8 Å². The van der Waals surface area contributed by atoms with Crippen LogP contribution in [0.15, 0.2) is 24.3 Å². The molecular formula is C15H19NO2. The second-order valence-corrected chi connectivity index (χ2v) is 3.80. The van der Waals surface area contributed by atoms with E-state index in [1.54, 1.807) is 6.92 Å². The molecule has 0 aliphatic rings. The second-order valence-electron chi connectivity index (χ2n) is 3.80. The number of carbonyl (C=O) groups excluding carboxylic acids is 1. The number of carbonyl (C=O) groups is 1. The monoisotopic (exact) mass is 245 g/mol. The van der Waals surface area contributed by atoms with Crippen molar-refractivity contribution in [3.8, 4) is 11.8 Å². The van der Waals surface area contributed by atoms with E-state index in [9.17, 15) is 4.79 Å². The molecule has 1 N–H and O–H groups in total. The van der Waals surface area contributed by atoms with Crippen molar-refractivity contribution in [3.05, 3.63) is 29.8 Å². The van der Waals surface area contributed by atoms with Crippen molar-refractivity contribution in [1.29, 1.82) is 0 Å². The van der Waals surface area contributed by atoms with Crippen LogP contribution in [0.3, 0.4) is 0 Å². The molecule has 0 aliphatic heterocycles. The van der Waals surface area contributed by atoms with Gasteiger partial charge in [0, 0.05) is 12.0 Å². The lowest BCUT2D eigenvalue weighted by atomic mass is 10.1. The smallest absolute Gasteiger partial charge is 0.411 e. The largest absolute Gasteiger partial charge is 0.450 e. The van der Waals surface area contributed by atoms with Crippen molar-refractivity contribution in [2.45, 2.75) is 33.1 Å². The van der Waals surface area contributed by atoms with Gasteiger partial charge in [-0.25, -0.2) is 4.79 Å². The van der Waals surface area contributed by atoms with Crippen molar-refractivity contribution in [1.82, 2.24) is 0 Å². The maximum Gasteiger partial charge on any atom is 0.411 e. The van der Waals surface area contributed by atoms with Crippen LogP contribution in [0.1, 0.15) is 38.7 Å². The lowest BCUT2D eigenvalue weighted by molar-refractivity contribution is 0.168. The van der Waals surface area contributed by atoms with Gasteiger partial charge in [0.25, 0.3) is 0 Å². The molecular weight excluding hydrogens is 226 g/mol. The first kappa shape index (κ1) is 14.1. The molecule has 0 saturated heterocycles. The van der Waals surface area contributed by atoms with Crippen LogP contribution in [-0.4, -0.2) is 12.7 Å². The summed E-state index contributed by atoms with van der Waals surface area (Å²) in [6.07, 6.45) is 2.67. The summed E-state index contributed by atoms with van der Waals surface area (Å²) in [6.45, 7) is 4.27. The van der Waals surface area contributed by atoms with Crippen molar-refractivity contribution >= 4 is 11.8 Å². The molecule has 3 nitrogen and oxygen atoms in total. The number of hydrogen-bond acceptors (Lipinski definition) is 2. The Morgan fingerprint density at radius 2 is 2.11 bits per heavy atom. The molecule has 3 heteroatoms. The fourth-order valence-electron chi connectivity index (χ4n) is 1.40. The SMILES string of the molecule is CCCCC#Cc1ccccc1NC(=O)OCC. The van der Waals surface area contributed by atoms with Crippen molar-refractivity contribution in [2.75, 3.05) is 11.9 Å². The van der Waals surface area contributed by atoms with E-state index < -0.39 is 6.09 Å². The standard InChI is InChI=1S/C15H19NO2/c1-3-5-6-7-10-13-11-8-9-12-14(13)16-15(17)18-4-2/h8-9,11-12H,3-6H2,1-2H3,(H,16,17). The normalized spacial score (nSPS) is 9.22. The van der Waals surface area contributed by atoms with E-state index in [1.165, 1.54) is 0 Å². The molecule has 1 rings (SSSR count). The summed E-state index contributed by atoms with van der Waals surface area (Å²) >= 11 is 0. The average Bonchev–Trinajstić information content (AvgIpc) is 2.37. The van der Waals surface area contributed by atoms with E-state index in [2.05, 4.69) is 24.1 Å². The number of nitrogens with one attached hydrogen (secondary N) is 1. The van der Waals surface area contributed by atoms with Gasteiger partial charge in [-0.3, -0.25) is 5.32 Å². The summed E-state index contributed by atoms with van der Waals surface area (Å²) in [5.74, 6) is 6.18. The van der Waals surface area contributed by atoms with Crippen LogP contribution in [0.4, 0.5) is 10.5 Å². The van der Waals surface area contributed by atoms with Crippen LogP contribution in [0.5, 0.6) is 0 Å². The maximum atomic E-state index is 11.4. The molecule has 0 spiro atoms. The third-order valence-corrected chi connectivity index (χ3v) is 2.32. The Kier molecular flexibility index (Phi) is 6.42. The van der Waals surface area contributed by atoms with Gasteiger partial charge in [0.15, 0.2) is 0 Å². The fraction of sp³-hybridized carbons (Fsp3) is 0.400. The van der Waals surface area contributed by atoms with E-state index >= 15 is 0 Å². The van der Waals surface area contributed by atoms with Gasteiger partial charge in [0.05, 0.1) is 12.3 Å². The lowest BCUT2D eigenvalue weighted by Crippen LogP contribution is -2.14. The second kappa shape index (κ2) is 8.19. The maximum absolute atomic E-state index is 11.4. The average molecular weight is 245 g/mol. The Balaban J connectivity index is 2.72. The Morgan fingerprint density at radius 1 is 1.33 bits per heavy atom. The van der Waals surface area contributed by atoms with Gasteiger partial charge in [-0.1, -0.05) is 37.3 Å². The third kappa shape index (κ3) is 4.92. The van der Waals surface area contributed by atoms with Crippen LogP contribution in [-0.2, 0) is 4.74 Å². The van der Waals surface area contributed by atoms with Crippen molar-refractivity contribution < 1.29 is 9.53 Å². The van der Waals surface area contributed by atoms with E-state index in [1.807, 2.05) is 24.3 Å². The number of benzene rings is 1. The number of hydrogen-bond donors (Lipinski definition) is 1. The lowest BCUT2D eigenvalue weighted by Gasteiger charge is -2.06. The first-order valence-corrected chi connectivity index (χ1v) is 6.29. The quantitative estimate of drug-likeness (QED) is 0.647. The first-order chi connectivity index (χ1) is 8.77.